The largest absolute Gasteiger partial charge is 0.480 e. The van der Waals surface area contributed by atoms with Gasteiger partial charge in [-0.3, -0.25) is 9.69 Å². The number of carbonyl (C=O) groups is 2. The Bertz CT molecular complexity index is 690. The number of nitrogens with zero attached hydrogens (tertiary/aromatic N) is 4. The van der Waals surface area contributed by atoms with E-state index in [1.807, 2.05) is 24.4 Å². The summed E-state index contributed by atoms with van der Waals surface area (Å²) in [7, 11) is 0. The molecule has 3 heterocycles. The standard InChI is InChI=1S/C21H30N4O3/c26-20(25-17-6-2-1-5-16(17)15-18(25)21(27)28)8-10-23-11-13-24(14-12-23)19-7-3-4-9-22-19/h3-4,7,9,16-18H,1-2,5-6,8,10-15H2,(H,27,28). The molecular formula is C21H30N4O3. The number of amides is 1. The highest BCUT2D eigenvalue weighted by molar-refractivity contribution is 5.85. The molecule has 4 rings (SSSR count). The maximum absolute atomic E-state index is 13.0. The lowest BCUT2D eigenvalue weighted by Gasteiger charge is -2.36. The van der Waals surface area contributed by atoms with Gasteiger partial charge in [-0.15, -0.1) is 0 Å². The summed E-state index contributed by atoms with van der Waals surface area (Å²) in [6.07, 6.45) is 7.15. The van der Waals surface area contributed by atoms with E-state index in [9.17, 15) is 14.7 Å². The molecule has 1 aromatic heterocycles. The molecule has 3 atom stereocenters. The minimum Gasteiger partial charge on any atom is -0.480 e. The number of hydrogen-bond acceptors (Lipinski definition) is 5. The Kier molecular flexibility index (Phi) is 5.80. The Morgan fingerprint density at radius 2 is 1.89 bits per heavy atom. The van der Waals surface area contributed by atoms with Crippen molar-refractivity contribution in [2.45, 2.75) is 50.6 Å². The minimum absolute atomic E-state index is 0.0222. The number of piperazine rings is 1. The smallest absolute Gasteiger partial charge is 0.326 e. The van der Waals surface area contributed by atoms with Crippen molar-refractivity contribution < 1.29 is 14.7 Å². The van der Waals surface area contributed by atoms with Crippen molar-refractivity contribution in [2.24, 2.45) is 5.92 Å². The van der Waals surface area contributed by atoms with E-state index in [4.69, 9.17) is 0 Å². The molecule has 3 aliphatic rings. The van der Waals surface area contributed by atoms with Gasteiger partial charge >= 0.3 is 5.97 Å². The van der Waals surface area contributed by atoms with E-state index in [2.05, 4.69) is 14.8 Å². The molecule has 0 bridgehead atoms. The first kappa shape index (κ1) is 19.2. The fourth-order valence-electron chi connectivity index (χ4n) is 5.16. The SMILES string of the molecule is O=C(O)C1CC2CCCCC2N1C(=O)CCN1CCN(c2ccccn2)CC1. The van der Waals surface area contributed by atoms with Crippen LogP contribution in [0.5, 0.6) is 0 Å². The first-order valence-corrected chi connectivity index (χ1v) is 10.6. The molecule has 2 aliphatic heterocycles. The zero-order valence-corrected chi connectivity index (χ0v) is 16.4. The summed E-state index contributed by atoms with van der Waals surface area (Å²) in [6.45, 7) is 4.31. The van der Waals surface area contributed by atoms with Crippen LogP contribution in [0.4, 0.5) is 5.82 Å². The second-order valence-corrected chi connectivity index (χ2v) is 8.27. The predicted octanol–water partition coefficient (Wildman–Crippen LogP) is 1.84. The van der Waals surface area contributed by atoms with Gasteiger partial charge in [-0.05, 0) is 37.3 Å². The summed E-state index contributed by atoms with van der Waals surface area (Å²) < 4.78 is 0. The normalized spacial score (nSPS) is 28.2. The van der Waals surface area contributed by atoms with Crippen LogP contribution >= 0.6 is 0 Å². The number of carboxylic acids is 1. The van der Waals surface area contributed by atoms with Crippen molar-refractivity contribution >= 4 is 17.7 Å². The maximum Gasteiger partial charge on any atom is 0.326 e. The topological polar surface area (TPSA) is 77.0 Å². The van der Waals surface area contributed by atoms with E-state index >= 15 is 0 Å². The molecule has 28 heavy (non-hydrogen) atoms. The lowest BCUT2D eigenvalue weighted by atomic mass is 9.84. The van der Waals surface area contributed by atoms with Crippen LogP contribution in [-0.2, 0) is 9.59 Å². The van der Waals surface area contributed by atoms with Gasteiger partial charge in [0.25, 0.3) is 0 Å². The van der Waals surface area contributed by atoms with E-state index in [1.165, 1.54) is 0 Å². The first-order chi connectivity index (χ1) is 13.6. The number of aromatic nitrogens is 1. The number of carboxylic acid groups (broad SMARTS) is 1. The van der Waals surface area contributed by atoms with E-state index < -0.39 is 12.0 Å². The van der Waals surface area contributed by atoms with Crippen LogP contribution in [0.3, 0.4) is 0 Å². The highest BCUT2D eigenvalue weighted by Crippen LogP contribution is 2.40. The number of fused-ring (bicyclic) bond motifs is 1. The van der Waals surface area contributed by atoms with Crippen LogP contribution in [-0.4, -0.2) is 76.6 Å². The lowest BCUT2D eigenvalue weighted by Crippen LogP contribution is -2.49. The fourth-order valence-corrected chi connectivity index (χ4v) is 5.16. The molecule has 152 valence electrons. The van der Waals surface area contributed by atoms with Gasteiger partial charge < -0.3 is 14.9 Å². The molecule has 7 heteroatoms. The molecule has 1 amide bonds. The second kappa shape index (κ2) is 8.47. The van der Waals surface area contributed by atoms with Crippen molar-refractivity contribution in [2.75, 3.05) is 37.6 Å². The number of aliphatic carboxylic acids is 1. The summed E-state index contributed by atoms with van der Waals surface area (Å²) >= 11 is 0. The second-order valence-electron chi connectivity index (χ2n) is 8.27. The van der Waals surface area contributed by atoms with Crippen molar-refractivity contribution in [3.63, 3.8) is 0 Å². The summed E-state index contributed by atoms with van der Waals surface area (Å²) in [5, 5.41) is 9.62. The molecule has 1 aromatic rings. The molecule has 0 radical (unpaired) electrons. The van der Waals surface area contributed by atoms with Crippen LogP contribution in [0, 0.1) is 5.92 Å². The monoisotopic (exact) mass is 386 g/mol. The van der Waals surface area contributed by atoms with Gasteiger partial charge in [0, 0.05) is 51.4 Å². The van der Waals surface area contributed by atoms with Gasteiger partial charge in [-0.1, -0.05) is 18.9 Å². The molecule has 1 saturated carbocycles. The molecule has 2 saturated heterocycles. The van der Waals surface area contributed by atoms with Crippen molar-refractivity contribution in [1.82, 2.24) is 14.8 Å². The van der Waals surface area contributed by atoms with Crippen LogP contribution in [0.25, 0.3) is 0 Å². The van der Waals surface area contributed by atoms with Gasteiger partial charge in [0.2, 0.25) is 5.91 Å². The molecule has 3 fully saturated rings. The molecule has 0 spiro atoms. The summed E-state index contributed by atoms with van der Waals surface area (Å²) in [6, 6.07) is 5.47. The zero-order valence-electron chi connectivity index (χ0n) is 16.4. The zero-order chi connectivity index (χ0) is 19.5. The Morgan fingerprint density at radius 3 is 2.61 bits per heavy atom. The Hall–Kier alpha value is -2.15. The molecule has 1 N–H and O–H groups in total. The molecule has 7 nitrogen and oxygen atoms in total. The average Bonchev–Trinajstić information content (AvgIpc) is 3.13. The Balaban J connectivity index is 1.30. The number of anilines is 1. The summed E-state index contributed by atoms with van der Waals surface area (Å²) in [5.41, 5.74) is 0. The average molecular weight is 386 g/mol. The molecule has 0 aromatic carbocycles. The minimum atomic E-state index is -0.841. The Labute approximate surface area is 166 Å². The quantitative estimate of drug-likeness (QED) is 0.832. The lowest BCUT2D eigenvalue weighted by molar-refractivity contribution is -0.150. The van der Waals surface area contributed by atoms with Crippen LogP contribution in [0.1, 0.15) is 38.5 Å². The van der Waals surface area contributed by atoms with E-state index in [0.717, 1.165) is 57.7 Å². The van der Waals surface area contributed by atoms with Gasteiger partial charge in [0.05, 0.1) is 0 Å². The molecule has 1 aliphatic carbocycles. The van der Waals surface area contributed by atoms with Crippen LogP contribution in [0.2, 0.25) is 0 Å². The van der Waals surface area contributed by atoms with Crippen LogP contribution < -0.4 is 4.90 Å². The number of likely N-dealkylation sites (tertiary alicyclic amines) is 1. The number of rotatable bonds is 5. The summed E-state index contributed by atoms with van der Waals surface area (Å²) in [5.74, 6) is 0.560. The van der Waals surface area contributed by atoms with E-state index in [1.54, 1.807) is 4.90 Å². The maximum atomic E-state index is 13.0. The van der Waals surface area contributed by atoms with Crippen LogP contribution in [0.15, 0.2) is 24.4 Å². The van der Waals surface area contributed by atoms with E-state index in [0.29, 0.717) is 25.3 Å². The number of carbonyl (C=O) groups excluding carboxylic acids is 1. The van der Waals surface area contributed by atoms with Crippen molar-refractivity contribution in [1.29, 1.82) is 0 Å². The first-order valence-electron chi connectivity index (χ1n) is 10.6. The summed E-state index contributed by atoms with van der Waals surface area (Å²) in [4.78, 5) is 35.4. The third kappa shape index (κ3) is 3.99. The van der Waals surface area contributed by atoms with Gasteiger partial charge in [0.1, 0.15) is 11.9 Å². The van der Waals surface area contributed by atoms with Crippen molar-refractivity contribution in [3.8, 4) is 0 Å². The molecule has 3 unspecified atom stereocenters. The van der Waals surface area contributed by atoms with Gasteiger partial charge in [-0.2, -0.15) is 0 Å². The molecular weight excluding hydrogens is 356 g/mol. The van der Waals surface area contributed by atoms with E-state index in [-0.39, 0.29) is 11.9 Å². The highest BCUT2D eigenvalue weighted by Gasteiger charge is 2.47. The third-order valence-electron chi connectivity index (χ3n) is 6.65. The third-order valence-corrected chi connectivity index (χ3v) is 6.65. The number of pyridine rings is 1. The number of hydrogen-bond donors (Lipinski definition) is 1. The van der Waals surface area contributed by atoms with Gasteiger partial charge in [-0.25, -0.2) is 9.78 Å². The predicted molar refractivity (Wildman–Crippen MR) is 106 cm³/mol. The Morgan fingerprint density at radius 1 is 1.11 bits per heavy atom. The fraction of sp³-hybridized carbons (Fsp3) is 0.667. The highest BCUT2D eigenvalue weighted by atomic mass is 16.4. The van der Waals surface area contributed by atoms with Gasteiger partial charge in [0.15, 0.2) is 0 Å². The van der Waals surface area contributed by atoms with Crippen molar-refractivity contribution in [3.05, 3.63) is 24.4 Å².